The molecule has 1 saturated heterocycles. The number of pyridine rings is 1. The SMILES string of the molecule is COC[C@@H]1C[C@H](NS(=O)(=O)N(C)C)[C@H](CO[C@H]2CC[C@@H](c3cccc(F)c3)CC2)N1c1cc(O)c(F)cn1. The third kappa shape index (κ3) is 6.60. The zero-order chi connectivity index (χ0) is 27.4. The fourth-order valence-electron chi connectivity index (χ4n) is 5.46. The second-order valence-corrected chi connectivity index (χ2v) is 12.1. The third-order valence-electron chi connectivity index (χ3n) is 7.46. The van der Waals surface area contributed by atoms with Crippen LogP contribution < -0.4 is 9.62 Å². The fourth-order valence-corrected chi connectivity index (χ4v) is 6.31. The maximum absolute atomic E-state index is 13.8. The highest BCUT2D eigenvalue weighted by Gasteiger charge is 2.44. The van der Waals surface area contributed by atoms with Crippen molar-refractivity contribution in [3.05, 3.63) is 53.7 Å². The lowest BCUT2D eigenvalue weighted by atomic mass is 9.82. The van der Waals surface area contributed by atoms with E-state index in [1.807, 2.05) is 11.0 Å². The predicted molar refractivity (Wildman–Crippen MR) is 139 cm³/mol. The number of benzene rings is 1. The molecular formula is C26H36F2N4O5S. The van der Waals surface area contributed by atoms with Crippen molar-refractivity contribution in [2.24, 2.45) is 0 Å². The van der Waals surface area contributed by atoms with Gasteiger partial charge in [-0.25, -0.2) is 13.8 Å². The molecule has 1 aliphatic heterocycles. The van der Waals surface area contributed by atoms with Gasteiger partial charge >= 0.3 is 0 Å². The number of anilines is 1. The van der Waals surface area contributed by atoms with Crippen LogP contribution in [0.15, 0.2) is 36.5 Å². The number of nitrogens with zero attached hydrogens (tertiary/aromatic N) is 3. The van der Waals surface area contributed by atoms with E-state index in [1.165, 1.54) is 26.2 Å². The first kappa shape index (κ1) is 28.6. The molecule has 2 aromatic rings. The van der Waals surface area contributed by atoms with Gasteiger partial charge in [-0.2, -0.15) is 17.4 Å². The maximum Gasteiger partial charge on any atom is 0.279 e. The van der Waals surface area contributed by atoms with Crippen LogP contribution in [-0.4, -0.2) is 81.5 Å². The minimum Gasteiger partial charge on any atom is -0.505 e. The Morgan fingerprint density at radius 2 is 1.89 bits per heavy atom. The van der Waals surface area contributed by atoms with Crippen molar-refractivity contribution in [2.75, 3.05) is 39.3 Å². The summed E-state index contributed by atoms with van der Waals surface area (Å²) in [6.45, 7) is 0.463. The number of aromatic nitrogens is 1. The molecule has 2 aliphatic rings. The van der Waals surface area contributed by atoms with Crippen LogP contribution in [0.5, 0.6) is 5.75 Å². The summed E-state index contributed by atoms with van der Waals surface area (Å²) in [5.74, 6) is -1.05. The first-order chi connectivity index (χ1) is 18.1. The Hall–Kier alpha value is -2.38. The third-order valence-corrected chi connectivity index (χ3v) is 9.03. The molecule has 0 bridgehead atoms. The van der Waals surface area contributed by atoms with Gasteiger partial charge < -0.3 is 19.5 Å². The second kappa shape index (κ2) is 12.2. The number of aromatic hydroxyl groups is 1. The standard InChI is InChI=1S/C26H36F2N4O5S/c1-31(2)38(34,35)30-23-12-20(15-36-3)32(26-13-25(33)22(28)14-29-26)24(23)16-37-21-9-7-17(8-10-21)18-5-4-6-19(27)11-18/h4-6,11,13-14,17,20-21,23-24,30H,7-10,12,15-16H2,1-3H3,(H,29,33)/t17-,20-,21+,23-,24-/m0/s1. The maximum atomic E-state index is 13.8. The first-order valence-corrected chi connectivity index (χ1v) is 14.2. The first-order valence-electron chi connectivity index (χ1n) is 12.8. The van der Waals surface area contributed by atoms with Crippen molar-refractivity contribution in [1.29, 1.82) is 0 Å². The highest BCUT2D eigenvalue weighted by Crippen LogP contribution is 2.36. The van der Waals surface area contributed by atoms with Crippen LogP contribution in [-0.2, 0) is 19.7 Å². The number of hydrogen-bond acceptors (Lipinski definition) is 7. The van der Waals surface area contributed by atoms with Crippen LogP contribution in [0, 0.1) is 11.6 Å². The Labute approximate surface area is 222 Å². The van der Waals surface area contributed by atoms with Gasteiger partial charge in [-0.3, -0.25) is 0 Å². The normalized spacial score (nSPS) is 26.3. The molecule has 0 unspecified atom stereocenters. The number of rotatable bonds is 10. The Morgan fingerprint density at radius 3 is 2.53 bits per heavy atom. The van der Waals surface area contributed by atoms with E-state index in [2.05, 4.69) is 9.71 Å². The van der Waals surface area contributed by atoms with E-state index < -0.39 is 33.9 Å². The number of hydrogen-bond donors (Lipinski definition) is 2. The van der Waals surface area contributed by atoms with Gasteiger partial charge in [0.1, 0.15) is 11.6 Å². The van der Waals surface area contributed by atoms with Gasteiger partial charge in [-0.15, -0.1) is 0 Å². The fraction of sp³-hybridized carbons (Fsp3) is 0.577. The average Bonchev–Trinajstić information content (AvgIpc) is 3.20. The lowest BCUT2D eigenvalue weighted by Crippen LogP contribution is -2.51. The van der Waals surface area contributed by atoms with Crippen LogP contribution >= 0.6 is 0 Å². The van der Waals surface area contributed by atoms with Crippen molar-refractivity contribution in [1.82, 2.24) is 14.0 Å². The molecule has 1 aromatic carbocycles. The predicted octanol–water partition coefficient (Wildman–Crippen LogP) is 3.17. The summed E-state index contributed by atoms with van der Waals surface area (Å²) >= 11 is 0. The molecule has 38 heavy (non-hydrogen) atoms. The van der Waals surface area contributed by atoms with Crippen molar-refractivity contribution >= 4 is 16.0 Å². The summed E-state index contributed by atoms with van der Waals surface area (Å²) in [7, 11) is 0.688. The van der Waals surface area contributed by atoms with Gasteiger partial charge in [0, 0.05) is 33.3 Å². The lowest BCUT2D eigenvalue weighted by molar-refractivity contribution is 0.0151. The van der Waals surface area contributed by atoms with Crippen LogP contribution in [0.1, 0.15) is 43.6 Å². The summed E-state index contributed by atoms with van der Waals surface area (Å²) in [6, 6.07) is 6.64. The molecule has 1 saturated carbocycles. The Bertz CT molecular complexity index is 1190. The summed E-state index contributed by atoms with van der Waals surface area (Å²) in [5, 5.41) is 10.0. The number of nitrogens with one attached hydrogen (secondary N) is 1. The minimum absolute atomic E-state index is 0.0381. The van der Waals surface area contributed by atoms with E-state index in [4.69, 9.17) is 9.47 Å². The van der Waals surface area contributed by atoms with Crippen LogP contribution in [0.4, 0.5) is 14.6 Å². The highest BCUT2D eigenvalue weighted by molar-refractivity contribution is 7.87. The minimum atomic E-state index is -3.76. The van der Waals surface area contributed by atoms with Gasteiger partial charge in [-0.1, -0.05) is 12.1 Å². The van der Waals surface area contributed by atoms with Crippen molar-refractivity contribution in [3.63, 3.8) is 0 Å². The summed E-state index contributed by atoms with van der Waals surface area (Å²) in [6.07, 6.45) is 4.61. The number of halogens is 2. The quantitative estimate of drug-likeness (QED) is 0.465. The molecule has 12 heteroatoms. The molecule has 1 aromatic heterocycles. The average molecular weight is 555 g/mol. The lowest BCUT2D eigenvalue weighted by Gasteiger charge is -2.35. The smallest absolute Gasteiger partial charge is 0.279 e. The van der Waals surface area contributed by atoms with Gasteiger partial charge in [0.15, 0.2) is 11.6 Å². The molecule has 4 rings (SSSR count). The molecule has 2 N–H and O–H groups in total. The van der Waals surface area contributed by atoms with Gasteiger partial charge in [0.05, 0.1) is 37.6 Å². The molecule has 2 fully saturated rings. The molecule has 0 radical (unpaired) electrons. The summed E-state index contributed by atoms with van der Waals surface area (Å²) < 4.78 is 68.5. The molecular weight excluding hydrogens is 518 g/mol. The largest absolute Gasteiger partial charge is 0.505 e. The second-order valence-electron chi connectivity index (χ2n) is 10.2. The van der Waals surface area contributed by atoms with Crippen LogP contribution in [0.2, 0.25) is 0 Å². The van der Waals surface area contributed by atoms with E-state index in [1.54, 1.807) is 19.2 Å². The molecule has 1 aliphatic carbocycles. The topological polar surface area (TPSA) is 104 Å². The van der Waals surface area contributed by atoms with E-state index >= 15 is 0 Å². The number of methoxy groups -OCH3 is 1. The van der Waals surface area contributed by atoms with Crippen molar-refractivity contribution in [2.45, 2.75) is 62.3 Å². The van der Waals surface area contributed by atoms with Gasteiger partial charge in [-0.05, 0) is 55.7 Å². The van der Waals surface area contributed by atoms with E-state index in [-0.39, 0.29) is 37.1 Å². The Balaban J connectivity index is 1.51. The van der Waals surface area contributed by atoms with E-state index in [9.17, 15) is 22.3 Å². The Morgan fingerprint density at radius 1 is 1.16 bits per heavy atom. The van der Waals surface area contributed by atoms with Crippen molar-refractivity contribution < 1.29 is 31.8 Å². The van der Waals surface area contributed by atoms with Crippen LogP contribution in [0.3, 0.4) is 0 Å². The zero-order valence-corrected chi connectivity index (χ0v) is 22.7. The van der Waals surface area contributed by atoms with E-state index in [0.29, 0.717) is 12.2 Å². The zero-order valence-electron chi connectivity index (χ0n) is 21.9. The highest BCUT2D eigenvalue weighted by atomic mass is 32.2. The molecule has 0 spiro atoms. The molecule has 210 valence electrons. The van der Waals surface area contributed by atoms with Gasteiger partial charge in [0.25, 0.3) is 10.2 Å². The molecule has 3 atom stereocenters. The monoisotopic (exact) mass is 554 g/mol. The van der Waals surface area contributed by atoms with Crippen molar-refractivity contribution in [3.8, 4) is 5.75 Å². The molecule has 9 nitrogen and oxygen atoms in total. The van der Waals surface area contributed by atoms with Gasteiger partial charge in [0.2, 0.25) is 0 Å². The Kier molecular flexibility index (Phi) is 9.19. The summed E-state index contributed by atoms with van der Waals surface area (Å²) in [4.78, 5) is 6.03. The van der Waals surface area contributed by atoms with E-state index in [0.717, 1.165) is 41.7 Å². The number of ether oxygens (including phenoxy) is 2. The molecule has 2 heterocycles. The summed E-state index contributed by atoms with van der Waals surface area (Å²) in [5.41, 5.74) is 0.994. The molecule has 0 amide bonds. The van der Waals surface area contributed by atoms with Crippen LogP contribution in [0.25, 0.3) is 0 Å².